The summed E-state index contributed by atoms with van der Waals surface area (Å²) in [6, 6.07) is 4.02. The molecule has 0 aromatic carbocycles. The minimum absolute atomic E-state index is 0.214. The molecular weight excluding hydrogens is 407 g/mol. The number of carbonyl (C=O) groups is 2. The van der Waals surface area contributed by atoms with Crippen molar-refractivity contribution in [2.24, 2.45) is 0 Å². The number of fused-ring (bicyclic) bond motifs is 1. The van der Waals surface area contributed by atoms with Crippen molar-refractivity contribution in [3.05, 3.63) is 51.5 Å². The summed E-state index contributed by atoms with van der Waals surface area (Å²) in [6.45, 7) is 2.40. The second-order valence-electron chi connectivity index (χ2n) is 6.80. The average Bonchev–Trinajstić information content (AvgIpc) is 3.14. The van der Waals surface area contributed by atoms with Crippen molar-refractivity contribution in [3.8, 4) is 0 Å². The van der Waals surface area contributed by atoms with E-state index in [0.717, 1.165) is 24.4 Å². The maximum absolute atomic E-state index is 12.4. The van der Waals surface area contributed by atoms with Crippen molar-refractivity contribution in [2.75, 3.05) is 20.6 Å². The van der Waals surface area contributed by atoms with E-state index in [1.54, 1.807) is 11.3 Å². The Hall–Kier alpha value is -2.46. The van der Waals surface area contributed by atoms with Gasteiger partial charge in [0.1, 0.15) is 0 Å². The van der Waals surface area contributed by atoms with Gasteiger partial charge in [0.05, 0.1) is 6.42 Å². The van der Waals surface area contributed by atoms with Gasteiger partial charge in [-0.05, 0) is 48.7 Å². The van der Waals surface area contributed by atoms with Gasteiger partial charge in [-0.25, -0.2) is 4.79 Å². The van der Waals surface area contributed by atoms with Crippen LogP contribution in [0.25, 0.3) is 0 Å². The number of thiophene rings is 1. The van der Waals surface area contributed by atoms with Gasteiger partial charge in [-0.3, -0.25) is 9.78 Å². The molecule has 1 amide bonds. The average molecular weight is 429 g/mol. The molecule has 10 heteroatoms. The zero-order valence-electron chi connectivity index (χ0n) is 16.1. The summed E-state index contributed by atoms with van der Waals surface area (Å²) in [6.07, 6.45) is 0.232. The number of hydrogen-bond acceptors (Lipinski definition) is 5. The largest absolute Gasteiger partial charge is 0.490 e. The molecule has 2 aromatic heterocycles. The molecular formula is C19H22F3N3O3S. The van der Waals surface area contributed by atoms with Gasteiger partial charge in [0.2, 0.25) is 5.91 Å². The minimum Gasteiger partial charge on any atom is -0.475 e. The van der Waals surface area contributed by atoms with Crippen LogP contribution < -0.4 is 0 Å². The number of carboxylic acid groups (broad SMARTS) is 1. The van der Waals surface area contributed by atoms with Crippen molar-refractivity contribution >= 4 is 23.2 Å². The van der Waals surface area contributed by atoms with Gasteiger partial charge in [-0.1, -0.05) is 6.07 Å². The molecule has 0 bridgehead atoms. The summed E-state index contributed by atoms with van der Waals surface area (Å²) in [4.78, 5) is 31.0. The van der Waals surface area contributed by atoms with Gasteiger partial charge >= 0.3 is 12.1 Å². The van der Waals surface area contributed by atoms with Crippen LogP contribution in [0.4, 0.5) is 13.2 Å². The van der Waals surface area contributed by atoms with Crippen LogP contribution in [0.3, 0.4) is 0 Å². The van der Waals surface area contributed by atoms with Gasteiger partial charge in [-0.15, -0.1) is 11.3 Å². The monoisotopic (exact) mass is 429 g/mol. The van der Waals surface area contributed by atoms with Crippen LogP contribution in [0, 0.1) is 0 Å². The van der Waals surface area contributed by atoms with Crippen LogP contribution in [0.5, 0.6) is 0 Å². The Labute approximate surface area is 170 Å². The number of carboxylic acids is 1. The predicted molar refractivity (Wildman–Crippen MR) is 102 cm³/mol. The third-order valence-electron chi connectivity index (χ3n) is 4.22. The highest BCUT2D eigenvalue weighted by Crippen LogP contribution is 2.23. The molecule has 2 aromatic rings. The molecule has 29 heavy (non-hydrogen) atoms. The Bertz CT molecular complexity index is 839. The number of pyridine rings is 1. The van der Waals surface area contributed by atoms with E-state index in [0.29, 0.717) is 13.0 Å². The predicted octanol–water partition coefficient (Wildman–Crippen LogP) is 2.97. The van der Waals surface area contributed by atoms with Crippen LogP contribution in [-0.4, -0.2) is 58.6 Å². The van der Waals surface area contributed by atoms with Gasteiger partial charge in [-0.2, -0.15) is 13.2 Å². The lowest BCUT2D eigenvalue weighted by atomic mass is 9.96. The molecule has 0 unspecified atom stereocenters. The second kappa shape index (κ2) is 9.84. The molecule has 0 aliphatic carbocycles. The Morgan fingerprint density at radius 3 is 2.55 bits per heavy atom. The van der Waals surface area contributed by atoms with Crippen molar-refractivity contribution in [1.82, 2.24) is 14.8 Å². The molecule has 158 valence electrons. The zero-order valence-corrected chi connectivity index (χ0v) is 16.9. The first-order chi connectivity index (χ1) is 13.6. The van der Waals surface area contributed by atoms with Crippen LogP contribution in [0.2, 0.25) is 0 Å². The van der Waals surface area contributed by atoms with E-state index in [2.05, 4.69) is 24.0 Å². The normalized spacial score (nSPS) is 13.5. The van der Waals surface area contributed by atoms with Crippen LogP contribution in [0.1, 0.15) is 21.6 Å². The Kier molecular flexibility index (Phi) is 7.74. The highest BCUT2D eigenvalue weighted by Gasteiger charge is 2.38. The van der Waals surface area contributed by atoms with Crippen LogP contribution >= 0.6 is 11.3 Å². The standard InChI is InChI=1S/C17H21N3OS.C2HF3O2/c1-19(2)11-13-9-18-10-14-12-20(6-5-16(13)14)17(21)8-15-4-3-7-22-15;3-2(4,5)1(6)7/h3-4,7,9-10H,5-6,8,11-12H2,1-2H3;(H,6,7). The Morgan fingerprint density at radius 1 is 1.31 bits per heavy atom. The van der Waals surface area contributed by atoms with Crippen molar-refractivity contribution in [3.63, 3.8) is 0 Å². The highest BCUT2D eigenvalue weighted by molar-refractivity contribution is 7.10. The number of aliphatic carboxylic acids is 1. The number of nitrogens with zero attached hydrogens (tertiary/aromatic N) is 3. The first-order valence-electron chi connectivity index (χ1n) is 8.77. The number of aromatic nitrogens is 1. The first kappa shape index (κ1) is 22.8. The van der Waals surface area contributed by atoms with E-state index in [1.165, 1.54) is 16.7 Å². The number of carbonyl (C=O) groups excluding carboxylic acids is 1. The number of amides is 1. The number of alkyl halides is 3. The van der Waals surface area contributed by atoms with Crippen molar-refractivity contribution in [1.29, 1.82) is 0 Å². The molecule has 0 saturated heterocycles. The van der Waals surface area contributed by atoms with Gasteiger partial charge in [0, 0.05) is 36.9 Å². The van der Waals surface area contributed by atoms with E-state index >= 15 is 0 Å². The van der Waals surface area contributed by atoms with Gasteiger partial charge in [0.15, 0.2) is 0 Å². The first-order valence-corrected chi connectivity index (χ1v) is 9.65. The Balaban J connectivity index is 0.000000370. The SMILES string of the molecule is CN(C)Cc1cncc2c1CCN(C(=O)Cc1cccs1)C2.O=C(O)C(F)(F)F. The van der Waals surface area contributed by atoms with E-state index in [-0.39, 0.29) is 5.91 Å². The molecule has 1 aliphatic rings. The molecule has 0 atom stereocenters. The fraction of sp³-hybridized carbons (Fsp3) is 0.421. The van der Waals surface area contributed by atoms with E-state index in [4.69, 9.17) is 9.90 Å². The summed E-state index contributed by atoms with van der Waals surface area (Å²) in [5, 5.41) is 9.14. The molecule has 0 radical (unpaired) electrons. The Morgan fingerprint density at radius 2 is 2.00 bits per heavy atom. The lowest BCUT2D eigenvalue weighted by molar-refractivity contribution is -0.192. The topological polar surface area (TPSA) is 73.7 Å². The maximum atomic E-state index is 12.4. The molecule has 1 aliphatic heterocycles. The third kappa shape index (κ3) is 6.82. The fourth-order valence-electron chi connectivity index (χ4n) is 2.93. The van der Waals surface area contributed by atoms with Gasteiger partial charge < -0.3 is 14.9 Å². The summed E-state index contributed by atoms with van der Waals surface area (Å²) < 4.78 is 31.7. The summed E-state index contributed by atoms with van der Waals surface area (Å²) in [5.74, 6) is -2.54. The lowest BCUT2D eigenvalue weighted by Gasteiger charge is -2.30. The second-order valence-corrected chi connectivity index (χ2v) is 7.83. The van der Waals surface area contributed by atoms with E-state index in [1.807, 2.05) is 34.8 Å². The van der Waals surface area contributed by atoms with E-state index < -0.39 is 12.1 Å². The third-order valence-corrected chi connectivity index (χ3v) is 5.09. The quantitative estimate of drug-likeness (QED) is 0.809. The molecule has 0 saturated carbocycles. The number of halogens is 3. The zero-order chi connectivity index (χ0) is 21.6. The number of rotatable bonds is 4. The summed E-state index contributed by atoms with van der Waals surface area (Å²) >= 11 is 1.64. The summed E-state index contributed by atoms with van der Waals surface area (Å²) in [5.41, 5.74) is 3.86. The molecule has 3 heterocycles. The molecule has 3 rings (SSSR count). The molecule has 1 N–H and O–H groups in total. The molecule has 0 spiro atoms. The van der Waals surface area contributed by atoms with Crippen molar-refractivity contribution < 1.29 is 27.9 Å². The smallest absolute Gasteiger partial charge is 0.475 e. The van der Waals surface area contributed by atoms with Crippen LogP contribution in [-0.2, 0) is 35.5 Å². The lowest BCUT2D eigenvalue weighted by Crippen LogP contribution is -2.37. The highest BCUT2D eigenvalue weighted by atomic mass is 32.1. The molecule has 0 fully saturated rings. The summed E-state index contributed by atoms with van der Waals surface area (Å²) in [7, 11) is 4.14. The molecule has 6 nitrogen and oxygen atoms in total. The number of hydrogen-bond donors (Lipinski definition) is 1. The van der Waals surface area contributed by atoms with E-state index in [9.17, 15) is 18.0 Å². The van der Waals surface area contributed by atoms with Crippen molar-refractivity contribution in [2.45, 2.75) is 32.1 Å². The van der Waals surface area contributed by atoms with Gasteiger partial charge in [0.25, 0.3) is 0 Å². The fourth-order valence-corrected chi connectivity index (χ4v) is 3.63. The maximum Gasteiger partial charge on any atom is 0.490 e. The minimum atomic E-state index is -5.08. The van der Waals surface area contributed by atoms with Crippen LogP contribution in [0.15, 0.2) is 29.9 Å².